The third-order valence-corrected chi connectivity index (χ3v) is 8.12. The smallest absolute Gasteiger partial charge is 0.00851 e. The van der Waals surface area contributed by atoms with Gasteiger partial charge in [-0.15, -0.1) is 0 Å². The van der Waals surface area contributed by atoms with Crippen LogP contribution in [0.25, 0.3) is 0 Å². The van der Waals surface area contributed by atoms with Gasteiger partial charge < -0.3 is 0 Å². The predicted molar refractivity (Wildman–Crippen MR) is 85.5 cm³/mol. The van der Waals surface area contributed by atoms with Crippen LogP contribution in [0.1, 0.15) is 78.6 Å². The molecule has 0 heterocycles. The van der Waals surface area contributed by atoms with Crippen molar-refractivity contribution < 1.29 is 0 Å². The minimum absolute atomic E-state index is 0.583. The summed E-state index contributed by atoms with van der Waals surface area (Å²) in [5.41, 5.74) is 3.17. The number of rotatable bonds is 0. The van der Waals surface area contributed by atoms with Crippen LogP contribution >= 0.6 is 0 Å². The Morgan fingerprint density at radius 1 is 0.950 bits per heavy atom. The minimum Gasteiger partial charge on any atom is -0.0819 e. The van der Waals surface area contributed by atoms with Crippen molar-refractivity contribution in [2.24, 2.45) is 34.5 Å². The number of hydrogen-bond donors (Lipinski definition) is 0. The Labute approximate surface area is 125 Å². The molecule has 3 unspecified atom stereocenters. The van der Waals surface area contributed by atoms with Gasteiger partial charge in [0.25, 0.3) is 0 Å². The van der Waals surface area contributed by atoms with E-state index in [2.05, 4.69) is 26.8 Å². The lowest BCUT2D eigenvalue weighted by Crippen LogP contribution is -2.49. The first-order chi connectivity index (χ1) is 9.53. The second kappa shape index (κ2) is 4.37. The maximum atomic E-state index is 2.67. The molecule has 3 fully saturated rings. The van der Waals surface area contributed by atoms with E-state index in [4.69, 9.17) is 0 Å². The molecule has 0 aliphatic heterocycles. The van der Waals surface area contributed by atoms with Crippen molar-refractivity contribution >= 4 is 0 Å². The zero-order valence-electron chi connectivity index (χ0n) is 13.8. The largest absolute Gasteiger partial charge is 0.0819 e. The standard InChI is InChI=1S/C20H32/c1-14-8-12-20(3)15(13-14)6-7-16-17-5-4-10-19(17,2)11-9-18(16)20/h13-14,16-18H,4-12H2,1-3H3/t14-,16?,17?,18?,19-,20-/m0/s1. The van der Waals surface area contributed by atoms with E-state index in [0.29, 0.717) is 5.41 Å². The van der Waals surface area contributed by atoms with Crippen LogP contribution in [0.3, 0.4) is 0 Å². The van der Waals surface area contributed by atoms with Crippen molar-refractivity contribution in [3.8, 4) is 0 Å². The molecular weight excluding hydrogens is 240 g/mol. The molecule has 0 amide bonds. The Kier molecular flexibility index (Phi) is 2.93. The summed E-state index contributed by atoms with van der Waals surface area (Å²) in [5, 5.41) is 0. The molecule has 0 aromatic carbocycles. The average Bonchev–Trinajstić information content (AvgIpc) is 2.81. The number of hydrogen-bond acceptors (Lipinski definition) is 0. The predicted octanol–water partition coefficient (Wildman–Crippen LogP) is 5.98. The molecule has 4 aliphatic carbocycles. The molecule has 20 heavy (non-hydrogen) atoms. The highest BCUT2D eigenvalue weighted by Crippen LogP contribution is 2.65. The summed E-state index contributed by atoms with van der Waals surface area (Å²) in [7, 11) is 0. The minimum atomic E-state index is 0.583. The molecular formula is C20H32. The SMILES string of the molecule is C[C@@H]1C=C2CCC3C4CCC[C@@]4(C)CCC3[C@@]2(C)CC1. The van der Waals surface area contributed by atoms with Crippen LogP contribution in [0.15, 0.2) is 11.6 Å². The van der Waals surface area contributed by atoms with Crippen molar-refractivity contribution in [3.63, 3.8) is 0 Å². The molecule has 4 aliphatic rings. The molecule has 0 saturated heterocycles. The van der Waals surface area contributed by atoms with E-state index >= 15 is 0 Å². The van der Waals surface area contributed by atoms with Gasteiger partial charge in [0.15, 0.2) is 0 Å². The number of allylic oxidation sites excluding steroid dienone is 2. The molecule has 0 bridgehead atoms. The summed E-state index contributed by atoms with van der Waals surface area (Å²) in [6.45, 7) is 7.68. The number of fused-ring (bicyclic) bond motifs is 5. The van der Waals surface area contributed by atoms with Gasteiger partial charge in [-0.3, -0.25) is 0 Å². The molecule has 0 nitrogen and oxygen atoms in total. The Hall–Kier alpha value is -0.260. The van der Waals surface area contributed by atoms with Crippen molar-refractivity contribution in [3.05, 3.63) is 11.6 Å². The molecule has 0 N–H and O–H groups in total. The maximum Gasteiger partial charge on any atom is -0.00851 e. The van der Waals surface area contributed by atoms with Gasteiger partial charge >= 0.3 is 0 Å². The molecule has 4 rings (SSSR count). The second-order valence-electron chi connectivity index (χ2n) is 9.13. The van der Waals surface area contributed by atoms with E-state index in [9.17, 15) is 0 Å². The van der Waals surface area contributed by atoms with Gasteiger partial charge in [0.1, 0.15) is 0 Å². The second-order valence-corrected chi connectivity index (χ2v) is 9.13. The van der Waals surface area contributed by atoms with E-state index in [-0.39, 0.29) is 0 Å². The highest BCUT2D eigenvalue weighted by atomic mass is 14.6. The van der Waals surface area contributed by atoms with Crippen molar-refractivity contribution in [1.82, 2.24) is 0 Å². The topological polar surface area (TPSA) is 0 Å². The van der Waals surface area contributed by atoms with E-state index in [1.54, 1.807) is 6.42 Å². The van der Waals surface area contributed by atoms with Gasteiger partial charge in [-0.2, -0.15) is 0 Å². The Bertz CT molecular complexity index is 433. The quantitative estimate of drug-likeness (QED) is 0.476. The fourth-order valence-electron chi connectivity index (χ4n) is 6.89. The van der Waals surface area contributed by atoms with Gasteiger partial charge in [0, 0.05) is 0 Å². The van der Waals surface area contributed by atoms with E-state index in [1.165, 1.54) is 51.4 Å². The highest BCUT2D eigenvalue weighted by Gasteiger charge is 2.55. The first-order valence-corrected chi connectivity index (χ1v) is 9.24. The van der Waals surface area contributed by atoms with Gasteiger partial charge in [0.2, 0.25) is 0 Å². The summed E-state index contributed by atoms with van der Waals surface area (Å²) in [5.74, 6) is 3.99. The molecule has 0 radical (unpaired) electrons. The van der Waals surface area contributed by atoms with Crippen LogP contribution < -0.4 is 0 Å². The Balaban J connectivity index is 1.68. The van der Waals surface area contributed by atoms with Crippen LogP contribution in [0.2, 0.25) is 0 Å². The zero-order valence-corrected chi connectivity index (χ0v) is 13.8. The monoisotopic (exact) mass is 272 g/mol. The fraction of sp³-hybridized carbons (Fsp3) is 0.900. The molecule has 0 aromatic rings. The van der Waals surface area contributed by atoms with Crippen LogP contribution in [0.4, 0.5) is 0 Å². The first kappa shape index (κ1) is 13.4. The summed E-state index contributed by atoms with van der Waals surface area (Å²) < 4.78 is 0. The van der Waals surface area contributed by atoms with Gasteiger partial charge in [-0.25, -0.2) is 0 Å². The third kappa shape index (κ3) is 1.72. The van der Waals surface area contributed by atoms with Crippen molar-refractivity contribution in [1.29, 1.82) is 0 Å². The molecule has 112 valence electrons. The average molecular weight is 272 g/mol. The van der Waals surface area contributed by atoms with E-state index < -0.39 is 0 Å². The zero-order chi connectivity index (χ0) is 14.0. The summed E-state index contributed by atoms with van der Waals surface area (Å²) in [4.78, 5) is 0. The summed E-state index contributed by atoms with van der Waals surface area (Å²) in [6, 6.07) is 0. The van der Waals surface area contributed by atoms with Gasteiger partial charge in [-0.1, -0.05) is 38.8 Å². The summed E-state index contributed by atoms with van der Waals surface area (Å²) >= 11 is 0. The Morgan fingerprint density at radius 3 is 2.65 bits per heavy atom. The van der Waals surface area contributed by atoms with Crippen LogP contribution in [-0.4, -0.2) is 0 Å². The maximum absolute atomic E-state index is 2.67. The summed E-state index contributed by atoms with van der Waals surface area (Å²) in [6.07, 6.45) is 16.2. The lowest BCUT2D eigenvalue weighted by molar-refractivity contribution is -0.0377. The van der Waals surface area contributed by atoms with Crippen molar-refractivity contribution in [2.75, 3.05) is 0 Å². The Morgan fingerprint density at radius 2 is 1.80 bits per heavy atom. The van der Waals surface area contributed by atoms with Crippen LogP contribution in [0, 0.1) is 34.5 Å². The van der Waals surface area contributed by atoms with E-state index in [1.807, 2.05) is 5.57 Å². The fourth-order valence-corrected chi connectivity index (χ4v) is 6.89. The van der Waals surface area contributed by atoms with Crippen LogP contribution in [-0.2, 0) is 0 Å². The van der Waals surface area contributed by atoms with Gasteiger partial charge in [0.05, 0.1) is 0 Å². The molecule has 0 spiro atoms. The lowest BCUT2D eigenvalue weighted by Gasteiger charge is -2.58. The normalized spacial score (nSPS) is 54.6. The third-order valence-electron chi connectivity index (χ3n) is 8.12. The lowest BCUT2D eigenvalue weighted by atomic mass is 9.47. The first-order valence-electron chi connectivity index (χ1n) is 9.24. The van der Waals surface area contributed by atoms with Crippen molar-refractivity contribution in [2.45, 2.75) is 78.6 Å². The van der Waals surface area contributed by atoms with Crippen LogP contribution in [0.5, 0.6) is 0 Å². The molecule has 0 aromatic heterocycles. The molecule has 6 atom stereocenters. The highest BCUT2D eigenvalue weighted by molar-refractivity contribution is 5.24. The van der Waals surface area contributed by atoms with E-state index in [0.717, 1.165) is 29.1 Å². The molecule has 0 heteroatoms. The van der Waals surface area contributed by atoms with Gasteiger partial charge in [-0.05, 0) is 85.9 Å². The molecule has 3 saturated carbocycles.